The zero-order valence-corrected chi connectivity index (χ0v) is 7.90. The summed E-state index contributed by atoms with van der Waals surface area (Å²) in [5, 5.41) is 0. The molecule has 1 rings (SSSR count). The maximum atomic E-state index is 11.5. The lowest BCUT2D eigenvalue weighted by atomic mass is 10.1. The van der Waals surface area contributed by atoms with E-state index >= 15 is 0 Å². The molecular formula is C10H13N2O+. The lowest BCUT2D eigenvalue weighted by molar-refractivity contribution is -0.460. The summed E-state index contributed by atoms with van der Waals surface area (Å²) in [5.41, 5.74) is 0.716. The first-order chi connectivity index (χ1) is 6.20. The van der Waals surface area contributed by atoms with Crippen LogP contribution in [0.25, 0.3) is 0 Å². The Hall–Kier alpha value is -1.51. The van der Waals surface area contributed by atoms with Crippen LogP contribution in [0, 0.1) is 0 Å². The van der Waals surface area contributed by atoms with Crippen molar-refractivity contribution in [3.8, 4) is 0 Å². The largest absolute Gasteiger partial charge is 0.294 e. The number of hydrogen-bond donors (Lipinski definition) is 0. The van der Waals surface area contributed by atoms with Gasteiger partial charge in [-0.15, -0.1) is 0 Å². The van der Waals surface area contributed by atoms with Crippen LogP contribution in [-0.2, 0) is 0 Å². The minimum absolute atomic E-state index is 0.121. The second-order valence-corrected chi connectivity index (χ2v) is 3.01. The molecule has 0 aromatic carbocycles. The van der Waals surface area contributed by atoms with Gasteiger partial charge in [-0.05, 0) is 12.1 Å². The van der Waals surface area contributed by atoms with Crippen LogP contribution < -0.4 is 0 Å². The van der Waals surface area contributed by atoms with Crippen molar-refractivity contribution in [1.82, 2.24) is 4.98 Å². The van der Waals surface area contributed by atoms with E-state index in [-0.39, 0.29) is 5.78 Å². The molecule has 0 aliphatic heterocycles. The fraction of sp³-hybridized carbons (Fsp3) is 0.300. The van der Waals surface area contributed by atoms with E-state index in [0.717, 1.165) is 0 Å². The minimum atomic E-state index is 0.121. The Morgan fingerprint density at radius 2 is 2.08 bits per heavy atom. The van der Waals surface area contributed by atoms with Gasteiger partial charge in [-0.1, -0.05) is 0 Å². The van der Waals surface area contributed by atoms with Crippen molar-refractivity contribution in [3.05, 3.63) is 30.1 Å². The molecule has 0 aliphatic carbocycles. The van der Waals surface area contributed by atoms with Gasteiger partial charge >= 0.3 is 0 Å². The molecule has 0 bridgehead atoms. The summed E-state index contributed by atoms with van der Waals surface area (Å²) >= 11 is 0. The first kappa shape index (κ1) is 9.58. The second-order valence-electron chi connectivity index (χ2n) is 3.01. The van der Waals surface area contributed by atoms with Gasteiger partial charge in [-0.25, -0.2) is 4.58 Å². The van der Waals surface area contributed by atoms with Crippen LogP contribution in [0.5, 0.6) is 0 Å². The highest BCUT2D eigenvalue weighted by molar-refractivity contribution is 6.02. The van der Waals surface area contributed by atoms with E-state index in [2.05, 4.69) is 4.98 Å². The van der Waals surface area contributed by atoms with E-state index < -0.39 is 0 Å². The van der Waals surface area contributed by atoms with Crippen molar-refractivity contribution in [2.45, 2.75) is 6.42 Å². The molecule has 0 spiro atoms. The van der Waals surface area contributed by atoms with Gasteiger partial charge in [0, 0.05) is 18.0 Å². The summed E-state index contributed by atoms with van der Waals surface area (Å²) in [7, 11) is 3.81. The molecule has 13 heavy (non-hydrogen) atoms. The van der Waals surface area contributed by atoms with Crippen LogP contribution in [0.1, 0.15) is 16.8 Å². The average Bonchev–Trinajstić information content (AvgIpc) is 2.15. The quantitative estimate of drug-likeness (QED) is 0.392. The van der Waals surface area contributed by atoms with Gasteiger partial charge in [0.15, 0.2) is 5.78 Å². The Labute approximate surface area is 77.7 Å². The van der Waals surface area contributed by atoms with E-state index in [9.17, 15) is 4.79 Å². The van der Waals surface area contributed by atoms with Crippen molar-refractivity contribution >= 4 is 12.0 Å². The van der Waals surface area contributed by atoms with E-state index in [1.54, 1.807) is 24.5 Å². The first-order valence-corrected chi connectivity index (χ1v) is 4.13. The van der Waals surface area contributed by atoms with Crippen LogP contribution in [-0.4, -0.2) is 35.7 Å². The highest BCUT2D eigenvalue weighted by Crippen LogP contribution is 1.99. The molecule has 0 N–H and O–H groups in total. The second kappa shape index (κ2) is 4.50. The number of ketones is 1. The Balaban J connectivity index is 2.65. The number of hydrogen-bond acceptors (Lipinski definition) is 2. The smallest absolute Gasteiger partial charge is 0.172 e. The van der Waals surface area contributed by atoms with E-state index in [1.807, 2.05) is 24.9 Å². The minimum Gasteiger partial charge on any atom is -0.294 e. The Bertz CT molecular complexity index is 313. The van der Waals surface area contributed by atoms with Gasteiger partial charge in [0.25, 0.3) is 0 Å². The third-order valence-electron chi connectivity index (χ3n) is 1.64. The summed E-state index contributed by atoms with van der Waals surface area (Å²) in [4.78, 5) is 15.3. The maximum absolute atomic E-state index is 11.5. The molecule has 0 saturated carbocycles. The van der Waals surface area contributed by atoms with Crippen LogP contribution >= 0.6 is 0 Å². The third kappa shape index (κ3) is 3.15. The van der Waals surface area contributed by atoms with Crippen LogP contribution in [0.2, 0.25) is 0 Å². The molecule has 0 atom stereocenters. The van der Waals surface area contributed by atoms with Gasteiger partial charge in [0.05, 0.1) is 6.42 Å². The molecule has 3 heteroatoms. The normalized spacial score (nSPS) is 9.38. The van der Waals surface area contributed by atoms with Crippen molar-refractivity contribution in [2.75, 3.05) is 14.1 Å². The Morgan fingerprint density at radius 1 is 1.46 bits per heavy atom. The number of Topliss-reactive ketones (excluding diaryl/α,β-unsaturated/α-hetero) is 1. The molecule has 0 aliphatic rings. The monoisotopic (exact) mass is 177 g/mol. The van der Waals surface area contributed by atoms with Crippen LogP contribution in [0.4, 0.5) is 0 Å². The number of aromatic nitrogens is 1. The lowest BCUT2D eigenvalue weighted by Gasteiger charge is -1.94. The van der Waals surface area contributed by atoms with Gasteiger partial charge < -0.3 is 0 Å². The van der Waals surface area contributed by atoms with Crippen molar-refractivity contribution in [3.63, 3.8) is 0 Å². The fourth-order valence-corrected chi connectivity index (χ4v) is 0.921. The van der Waals surface area contributed by atoms with Crippen molar-refractivity contribution in [1.29, 1.82) is 0 Å². The molecule has 0 amide bonds. The van der Waals surface area contributed by atoms with Gasteiger partial charge in [-0.3, -0.25) is 9.78 Å². The Kier molecular flexibility index (Phi) is 3.31. The lowest BCUT2D eigenvalue weighted by Crippen LogP contribution is -2.05. The number of pyridine rings is 1. The number of nitrogens with zero attached hydrogens (tertiary/aromatic N) is 2. The summed E-state index contributed by atoms with van der Waals surface area (Å²) in [6.07, 6.45) is 5.55. The van der Waals surface area contributed by atoms with E-state index in [4.69, 9.17) is 0 Å². The molecular weight excluding hydrogens is 164 g/mol. The predicted octanol–water partition coefficient (Wildman–Crippen LogP) is 0.997. The van der Waals surface area contributed by atoms with Crippen LogP contribution in [0.15, 0.2) is 24.5 Å². The molecule has 3 nitrogen and oxygen atoms in total. The molecule has 1 aromatic heterocycles. The summed E-state index contributed by atoms with van der Waals surface area (Å²) < 4.78 is 1.87. The molecule has 0 radical (unpaired) electrons. The molecule has 1 heterocycles. The van der Waals surface area contributed by atoms with E-state index in [1.165, 1.54) is 0 Å². The van der Waals surface area contributed by atoms with E-state index in [0.29, 0.717) is 12.0 Å². The number of carbonyl (C=O) groups excluding carboxylic acids is 1. The molecule has 0 saturated heterocycles. The van der Waals surface area contributed by atoms with Gasteiger partial charge in [0.2, 0.25) is 0 Å². The number of carbonyl (C=O) groups is 1. The third-order valence-corrected chi connectivity index (χ3v) is 1.64. The zero-order chi connectivity index (χ0) is 9.68. The number of rotatable bonds is 3. The maximum Gasteiger partial charge on any atom is 0.172 e. The first-order valence-electron chi connectivity index (χ1n) is 4.13. The van der Waals surface area contributed by atoms with Gasteiger partial charge in [0.1, 0.15) is 20.3 Å². The predicted molar refractivity (Wildman–Crippen MR) is 51.4 cm³/mol. The summed E-state index contributed by atoms with van der Waals surface area (Å²) in [5.74, 6) is 0.121. The molecule has 1 aromatic rings. The standard InChI is InChI=1S/C10H13N2O/c1-12(2)8-5-10(13)9-3-6-11-7-4-9/h3-4,6-8H,5H2,1-2H3/q+1. The molecule has 0 fully saturated rings. The van der Waals surface area contributed by atoms with Crippen LogP contribution in [0.3, 0.4) is 0 Å². The highest BCUT2D eigenvalue weighted by atomic mass is 16.1. The molecule has 68 valence electrons. The molecule has 0 unspecified atom stereocenters. The Morgan fingerprint density at radius 3 is 2.62 bits per heavy atom. The summed E-state index contributed by atoms with van der Waals surface area (Å²) in [6, 6.07) is 3.46. The van der Waals surface area contributed by atoms with Crippen molar-refractivity contribution < 1.29 is 9.37 Å². The van der Waals surface area contributed by atoms with Gasteiger partial charge in [-0.2, -0.15) is 0 Å². The topological polar surface area (TPSA) is 33.0 Å². The SMILES string of the molecule is C[N+](C)=CCC(=O)c1ccncc1. The average molecular weight is 177 g/mol. The highest BCUT2D eigenvalue weighted by Gasteiger charge is 2.04. The van der Waals surface area contributed by atoms with Crippen molar-refractivity contribution in [2.24, 2.45) is 0 Å². The fourth-order valence-electron chi connectivity index (χ4n) is 0.921. The zero-order valence-electron chi connectivity index (χ0n) is 7.90. The summed E-state index contributed by atoms with van der Waals surface area (Å²) in [6.45, 7) is 0.